The molecule has 0 heteroatoms. The molecule has 1 rings (SSSR count). The number of aryl methyl sites for hydroxylation is 1. The standard InChI is InChI=1S/C15H24.C8H12.C5H10.C5H12.C2H6/c1-12(2)6-5-7-14(4)15-10-8-13(3)9-11-15;1-5-7(3)8(4)6-2;1-4-5(2)3;1-3-5-4-2;1-2/h8-12,14H,5-7H2,1-4H3;5-6H,1-2H2,3-4H3;2,4H2,1,3H3;3-5H2,1-2H3;1-2H3/b;8-7-;;;. The van der Waals surface area contributed by atoms with Crippen LogP contribution in [-0.4, -0.2) is 0 Å². The molecule has 0 fully saturated rings. The molecule has 0 radical (unpaired) electrons. The van der Waals surface area contributed by atoms with Gasteiger partial charge >= 0.3 is 0 Å². The van der Waals surface area contributed by atoms with Crippen molar-refractivity contribution in [2.24, 2.45) is 5.92 Å². The van der Waals surface area contributed by atoms with Gasteiger partial charge in [-0.05, 0) is 69.1 Å². The largest absolute Gasteiger partial charge is 0.100 e. The molecule has 204 valence electrons. The average molecular weight is 485 g/mol. The highest BCUT2D eigenvalue weighted by molar-refractivity contribution is 5.27. The lowest BCUT2D eigenvalue weighted by Crippen LogP contribution is -1.95. The number of allylic oxidation sites excluding steroid dienone is 5. The Balaban J connectivity index is -0.000000202. The first-order chi connectivity index (χ1) is 16.5. The molecule has 0 bridgehead atoms. The fraction of sp³-hybridized carbons (Fsp3) is 0.600. The Labute approximate surface area is 223 Å². The van der Waals surface area contributed by atoms with Crippen LogP contribution in [0.25, 0.3) is 0 Å². The van der Waals surface area contributed by atoms with Crippen LogP contribution in [0.5, 0.6) is 0 Å². The van der Waals surface area contributed by atoms with E-state index in [0.717, 1.165) is 12.3 Å². The Hall–Kier alpha value is -1.82. The summed E-state index contributed by atoms with van der Waals surface area (Å²) in [4.78, 5) is 0. The van der Waals surface area contributed by atoms with Crippen LogP contribution >= 0.6 is 0 Å². The quantitative estimate of drug-likeness (QED) is 0.229. The van der Waals surface area contributed by atoms with Crippen LogP contribution in [0.2, 0.25) is 0 Å². The number of unbranched alkanes of at least 4 members (excludes halogenated alkanes) is 2. The van der Waals surface area contributed by atoms with E-state index >= 15 is 0 Å². The smallest absolute Gasteiger partial charge is 0.0190 e. The molecule has 1 aromatic rings. The molecular weight excluding hydrogens is 420 g/mol. The van der Waals surface area contributed by atoms with Gasteiger partial charge in [0.1, 0.15) is 0 Å². The van der Waals surface area contributed by atoms with E-state index in [0.29, 0.717) is 5.92 Å². The molecule has 0 aromatic heterocycles. The minimum Gasteiger partial charge on any atom is -0.100 e. The maximum absolute atomic E-state index is 3.67. The topological polar surface area (TPSA) is 0 Å². The maximum atomic E-state index is 3.67. The highest BCUT2D eigenvalue weighted by Gasteiger charge is 2.05. The van der Waals surface area contributed by atoms with Crippen molar-refractivity contribution in [2.45, 2.75) is 134 Å². The third kappa shape index (κ3) is 32.2. The molecule has 0 aliphatic rings. The highest BCUT2D eigenvalue weighted by Crippen LogP contribution is 2.22. The highest BCUT2D eigenvalue weighted by atomic mass is 14.1. The fourth-order valence-corrected chi connectivity index (χ4v) is 2.57. The summed E-state index contributed by atoms with van der Waals surface area (Å²) >= 11 is 0. The monoisotopic (exact) mass is 485 g/mol. The van der Waals surface area contributed by atoms with Crippen LogP contribution in [0.1, 0.15) is 138 Å². The van der Waals surface area contributed by atoms with Crippen molar-refractivity contribution in [3.05, 3.63) is 84.0 Å². The molecule has 1 unspecified atom stereocenters. The van der Waals surface area contributed by atoms with Crippen LogP contribution in [-0.2, 0) is 0 Å². The Kier molecular flexibility index (Phi) is 34.8. The molecule has 0 heterocycles. The minimum atomic E-state index is 0.712. The Morgan fingerprint density at radius 2 is 1.17 bits per heavy atom. The second-order valence-corrected chi connectivity index (χ2v) is 9.57. The van der Waals surface area contributed by atoms with Crippen molar-refractivity contribution in [2.75, 3.05) is 0 Å². The normalized spacial score (nSPS) is 10.9. The predicted molar refractivity (Wildman–Crippen MR) is 169 cm³/mol. The van der Waals surface area contributed by atoms with Crippen molar-refractivity contribution in [3.8, 4) is 0 Å². The van der Waals surface area contributed by atoms with E-state index in [9.17, 15) is 0 Å². The van der Waals surface area contributed by atoms with Gasteiger partial charge in [0.15, 0.2) is 0 Å². The lowest BCUT2D eigenvalue weighted by atomic mass is 9.93. The first kappa shape index (κ1) is 40.4. The SMILES string of the molecule is C=C(C)CC.C=C/C(C)=C(/C)C=C.CC.CCCCC.Cc1ccc(C(C)CCCC(C)C)cc1. The molecule has 35 heavy (non-hydrogen) atoms. The van der Waals surface area contributed by atoms with Gasteiger partial charge < -0.3 is 0 Å². The molecule has 0 saturated carbocycles. The van der Waals surface area contributed by atoms with E-state index in [1.807, 2.05) is 46.8 Å². The lowest BCUT2D eigenvalue weighted by molar-refractivity contribution is 0.512. The third-order valence-electron chi connectivity index (χ3n) is 5.61. The zero-order valence-corrected chi connectivity index (χ0v) is 26.2. The van der Waals surface area contributed by atoms with Crippen molar-refractivity contribution < 1.29 is 0 Å². The van der Waals surface area contributed by atoms with Crippen molar-refractivity contribution in [1.29, 1.82) is 0 Å². The second kappa shape index (κ2) is 30.2. The first-order valence-electron chi connectivity index (χ1n) is 14.1. The van der Waals surface area contributed by atoms with Crippen LogP contribution in [0.4, 0.5) is 0 Å². The van der Waals surface area contributed by atoms with Crippen molar-refractivity contribution in [1.82, 2.24) is 0 Å². The molecule has 1 aromatic carbocycles. The average Bonchev–Trinajstić information content (AvgIpc) is 2.86. The minimum absolute atomic E-state index is 0.712. The van der Waals surface area contributed by atoms with Gasteiger partial charge in [-0.3, -0.25) is 0 Å². The van der Waals surface area contributed by atoms with E-state index in [1.165, 1.54) is 66.4 Å². The maximum Gasteiger partial charge on any atom is -0.0190 e. The summed E-state index contributed by atoms with van der Waals surface area (Å²) in [6.45, 7) is 36.6. The Bertz CT molecular complexity index is 607. The van der Waals surface area contributed by atoms with Gasteiger partial charge in [0.2, 0.25) is 0 Å². The molecular formula is C35H64. The number of rotatable bonds is 10. The van der Waals surface area contributed by atoms with Gasteiger partial charge in [-0.1, -0.05) is 148 Å². The van der Waals surface area contributed by atoms with E-state index in [1.54, 1.807) is 0 Å². The van der Waals surface area contributed by atoms with Gasteiger partial charge in [0, 0.05) is 0 Å². The fourth-order valence-electron chi connectivity index (χ4n) is 2.57. The van der Waals surface area contributed by atoms with Gasteiger partial charge in [0.05, 0.1) is 0 Å². The number of hydrogen-bond acceptors (Lipinski definition) is 0. The molecule has 0 saturated heterocycles. The van der Waals surface area contributed by atoms with E-state index in [-0.39, 0.29) is 0 Å². The molecule has 0 N–H and O–H groups in total. The summed E-state index contributed by atoms with van der Waals surface area (Å²) in [6.07, 6.45) is 12.9. The van der Waals surface area contributed by atoms with Crippen LogP contribution in [0, 0.1) is 12.8 Å². The second-order valence-electron chi connectivity index (χ2n) is 9.57. The molecule has 0 aliphatic heterocycles. The van der Waals surface area contributed by atoms with Gasteiger partial charge in [0.25, 0.3) is 0 Å². The van der Waals surface area contributed by atoms with Crippen LogP contribution in [0.15, 0.2) is 72.9 Å². The van der Waals surface area contributed by atoms with Gasteiger partial charge in [-0.15, -0.1) is 6.58 Å². The number of hydrogen-bond donors (Lipinski definition) is 0. The van der Waals surface area contributed by atoms with Crippen molar-refractivity contribution in [3.63, 3.8) is 0 Å². The lowest BCUT2D eigenvalue weighted by Gasteiger charge is -2.12. The predicted octanol–water partition coefficient (Wildman–Crippen LogP) is 12.8. The summed E-state index contributed by atoms with van der Waals surface area (Å²) in [6, 6.07) is 8.98. The summed E-state index contributed by atoms with van der Waals surface area (Å²) in [5.74, 6) is 1.56. The van der Waals surface area contributed by atoms with Gasteiger partial charge in [-0.2, -0.15) is 0 Å². The zero-order valence-electron chi connectivity index (χ0n) is 26.2. The molecule has 0 amide bonds. The summed E-state index contributed by atoms with van der Waals surface area (Å²) in [7, 11) is 0. The summed E-state index contributed by atoms with van der Waals surface area (Å²) in [5.41, 5.74) is 6.49. The van der Waals surface area contributed by atoms with Gasteiger partial charge in [-0.25, -0.2) is 0 Å². The van der Waals surface area contributed by atoms with E-state index in [2.05, 4.69) is 92.5 Å². The third-order valence-corrected chi connectivity index (χ3v) is 5.61. The van der Waals surface area contributed by atoms with E-state index in [4.69, 9.17) is 0 Å². The summed E-state index contributed by atoms with van der Waals surface area (Å²) < 4.78 is 0. The summed E-state index contributed by atoms with van der Waals surface area (Å²) in [5, 5.41) is 0. The first-order valence-corrected chi connectivity index (χ1v) is 14.1. The Morgan fingerprint density at radius 1 is 0.771 bits per heavy atom. The van der Waals surface area contributed by atoms with E-state index < -0.39 is 0 Å². The Morgan fingerprint density at radius 3 is 1.43 bits per heavy atom. The molecule has 1 atom stereocenters. The number of benzene rings is 1. The molecule has 0 aliphatic carbocycles. The molecule has 0 spiro atoms. The van der Waals surface area contributed by atoms with Crippen LogP contribution in [0.3, 0.4) is 0 Å². The zero-order chi connectivity index (χ0) is 28.2. The van der Waals surface area contributed by atoms with Crippen LogP contribution < -0.4 is 0 Å². The molecule has 0 nitrogen and oxygen atoms in total. The van der Waals surface area contributed by atoms with Crippen molar-refractivity contribution >= 4 is 0 Å².